The molecule has 0 amide bonds. The molecule has 1 aliphatic heterocycles. The van der Waals surface area contributed by atoms with Crippen molar-refractivity contribution in [3.8, 4) is 0 Å². The van der Waals surface area contributed by atoms with Gasteiger partial charge in [-0.25, -0.2) is 4.39 Å². The maximum atomic E-state index is 13.7. The summed E-state index contributed by atoms with van der Waals surface area (Å²) < 4.78 is 24.6. The third kappa shape index (κ3) is 3.10. The molecule has 2 aromatic rings. The number of aromatic nitrogens is 1. The summed E-state index contributed by atoms with van der Waals surface area (Å²) in [6.45, 7) is 2.30. The second-order valence-corrected chi connectivity index (χ2v) is 7.00. The molecule has 1 aromatic carbocycles. The minimum absolute atomic E-state index is 0.0535. The van der Waals surface area contributed by atoms with Gasteiger partial charge in [-0.2, -0.15) is 0 Å². The molecule has 5 heteroatoms. The molecule has 0 radical (unpaired) electrons. The van der Waals surface area contributed by atoms with E-state index in [4.69, 9.17) is 9.26 Å². The van der Waals surface area contributed by atoms with Crippen LogP contribution in [0, 0.1) is 5.82 Å². The Bertz CT molecular complexity index is 694. The van der Waals surface area contributed by atoms with E-state index in [2.05, 4.69) is 10.5 Å². The first-order chi connectivity index (χ1) is 11.8. The second-order valence-electron chi connectivity index (χ2n) is 7.00. The quantitative estimate of drug-likeness (QED) is 0.936. The summed E-state index contributed by atoms with van der Waals surface area (Å²) in [6.07, 6.45) is 6.65. The Balaban J connectivity index is 1.49. The van der Waals surface area contributed by atoms with Crippen LogP contribution in [-0.4, -0.2) is 31.0 Å². The SMILES string of the molecule is Fc1cccc(C2(CNC3CCc4cnoc4C3)CCOCC2)c1. The normalized spacial score (nSPS) is 23.0. The highest BCUT2D eigenvalue weighted by Gasteiger charge is 2.35. The first-order valence-corrected chi connectivity index (χ1v) is 8.75. The highest BCUT2D eigenvalue weighted by atomic mass is 19.1. The molecule has 1 atom stereocenters. The zero-order valence-corrected chi connectivity index (χ0v) is 13.8. The Morgan fingerprint density at radius 2 is 2.17 bits per heavy atom. The monoisotopic (exact) mass is 330 g/mol. The van der Waals surface area contributed by atoms with Gasteiger partial charge in [0.2, 0.25) is 0 Å². The Kier molecular flexibility index (Phi) is 4.37. The van der Waals surface area contributed by atoms with Crippen molar-refractivity contribution < 1.29 is 13.7 Å². The van der Waals surface area contributed by atoms with Crippen LogP contribution < -0.4 is 5.32 Å². The van der Waals surface area contributed by atoms with Crippen LogP contribution in [-0.2, 0) is 23.0 Å². The van der Waals surface area contributed by atoms with Crippen molar-refractivity contribution in [1.82, 2.24) is 10.5 Å². The molecule has 1 aliphatic carbocycles. The van der Waals surface area contributed by atoms with Crippen LogP contribution in [0.3, 0.4) is 0 Å². The van der Waals surface area contributed by atoms with Crippen LogP contribution in [0.15, 0.2) is 35.0 Å². The fourth-order valence-corrected chi connectivity index (χ4v) is 3.97. The third-order valence-corrected chi connectivity index (χ3v) is 5.54. The highest BCUT2D eigenvalue weighted by molar-refractivity contribution is 5.28. The summed E-state index contributed by atoms with van der Waals surface area (Å²) in [5.41, 5.74) is 2.26. The van der Waals surface area contributed by atoms with E-state index in [9.17, 15) is 4.39 Å². The molecule has 24 heavy (non-hydrogen) atoms. The van der Waals surface area contributed by atoms with Gasteiger partial charge in [0.25, 0.3) is 0 Å². The molecular weight excluding hydrogens is 307 g/mol. The number of benzene rings is 1. The second kappa shape index (κ2) is 6.65. The zero-order valence-electron chi connectivity index (χ0n) is 13.8. The van der Waals surface area contributed by atoms with Crippen molar-refractivity contribution in [1.29, 1.82) is 0 Å². The van der Waals surface area contributed by atoms with Gasteiger partial charge >= 0.3 is 0 Å². The molecule has 1 unspecified atom stereocenters. The predicted molar refractivity (Wildman–Crippen MR) is 88.4 cm³/mol. The Hall–Kier alpha value is -1.72. The average molecular weight is 330 g/mol. The lowest BCUT2D eigenvalue weighted by Gasteiger charge is -2.39. The molecule has 0 saturated carbocycles. The van der Waals surface area contributed by atoms with Crippen LogP contribution >= 0.6 is 0 Å². The molecule has 1 saturated heterocycles. The maximum absolute atomic E-state index is 13.7. The number of ether oxygens (including phenoxy) is 1. The Morgan fingerprint density at radius 3 is 3.00 bits per heavy atom. The molecule has 128 valence electrons. The summed E-state index contributed by atoms with van der Waals surface area (Å²) in [4.78, 5) is 0. The van der Waals surface area contributed by atoms with E-state index < -0.39 is 0 Å². The van der Waals surface area contributed by atoms with Gasteiger partial charge in [0.15, 0.2) is 0 Å². The highest BCUT2D eigenvalue weighted by Crippen LogP contribution is 2.35. The number of hydrogen-bond donors (Lipinski definition) is 1. The minimum Gasteiger partial charge on any atom is -0.381 e. The van der Waals surface area contributed by atoms with Gasteiger partial charge in [0.1, 0.15) is 11.6 Å². The van der Waals surface area contributed by atoms with Gasteiger partial charge in [0.05, 0.1) is 6.20 Å². The summed E-state index contributed by atoms with van der Waals surface area (Å²) >= 11 is 0. The van der Waals surface area contributed by atoms with Gasteiger partial charge in [-0.15, -0.1) is 0 Å². The van der Waals surface area contributed by atoms with E-state index in [1.54, 1.807) is 6.07 Å². The van der Waals surface area contributed by atoms with Gasteiger partial charge in [0, 0.05) is 43.2 Å². The summed E-state index contributed by atoms with van der Waals surface area (Å²) in [5, 5.41) is 7.61. The summed E-state index contributed by atoms with van der Waals surface area (Å²) in [5.74, 6) is 0.841. The molecule has 1 aromatic heterocycles. The van der Waals surface area contributed by atoms with Gasteiger partial charge in [-0.05, 0) is 43.4 Å². The van der Waals surface area contributed by atoms with Crippen molar-refractivity contribution in [3.63, 3.8) is 0 Å². The van der Waals surface area contributed by atoms with E-state index in [0.29, 0.717) is 6.04 Å². The maximum Gasteiger partial charge on any atom is 0.141 e. The first-order valence-electron chi connectivity index (χ1n) is 8.75. The van der Waals surface area contributed by atoms with E-state index in [-0.39, 0.29) is 11.2 Å². The van der Waals surface area contributed by atoms with Crippen LogP contribution in [0.25, 0.3) is 0 Å². The lowest BCUT2D eigenvalue weighted by Crippen LogP contribution is -2.47. The van der Waals surface area contributed by atoms with Crippen LogP contribution in [0.1, 0.15) is 36.1 Å². The third-order valence-electron chi connectivity index (χ3n) is 5.54. The van der Waals surface area contributed by atoms with Crippen molar-refractivity contribution in [2.24, 2.45) is 0 Å². The van der Waals surface area contributed by atoms with E-state index in [1.165, 1.54) is 11.6 Å². The topological polar surface area (TPSA) is 47.3 Å². The summed E-state index contributed by atoms with van der Waals surface area (Å²) in [6, 6.07) is 7.44. The van der Waals surface area contributed by atoms with Crippen LogP contribution in [0.4, 0.5) is 4.39 Å². The molecule has 4 rings (SSSR count). The zero-order chi connectivity index (χ0) is 16.4. The molecule has 4 nitrogen and oxygen atoms in total. The largest absolute Gasteiger partial charge is 0.381 e. The smallest absolute Gasteiger partial charge is 0.141 e. The lowest BCUT2D eigenvalue weighted by molar-refractivity contribution is 0.0484. The molecule has 2 aliphatic rings. The van der Waals surface area contributed by atoms with Crippen molar-refractivity contribution >= 4 is 0 Å². The van der Waals surface area contributed by atoms with Crippen LogP contribution in [0.5, 0.6) is 0 Å². The number of aryl methyl sites for hydroxylation is 1. The number of nitrogens with zero attached hydrogens (tertiary/aromatic N) is 1. The molecule has 2 heterocycles. The number of halogens is 1. The molecule has 0 spiro atoms. The fourth-order valence-electron chi connectivity index (χ4n) is 3.97. The average Bonchev–Trinajstić information content (AvgIpc) is 3.08. The van der Waals surface area contributed by atoms with Crippen molar-refractivity contribution in [3.05, 3.63) is 53.2 Å². The van der Waals surface area contributed by atoms with E-state index >= 15 is 0 Å². The lowest BCUT2D eigenvalue weighted by atomic mass is 9.73. The van der Waals surface area contributed by atoms with E-state index in [0.717, 1.165) is 63.2 Å². The van der Waals surface area contributed by atoms with Crippen LogP contribution in [0.2, 0.25) is 0 Å². The van der Waals surface area contributed by atoms with Crippen molar-refractivity contribution in [2.45, 2.75) is 43.6 Å². The van der Waals surface area contributed by atoms with Crippen molar-refractivity contribution in [2.75, 3.05) is 19.8 Å². The van der Waals surface area contributed by atoms with Gasteiger partial charge < -0.3 is 14.6 Å². The number of rotatable bonds is 4. The minimum atomic E-state index is -0.165. The molecule has 1 N–H and O–H groups in total. The first kappa shape index (κ1) is 15.8. The fraction of sp³-hybridized carbons (Fsp3) is 0.526. The summed E-state index contributed by atoms with van der Waals surface area (Å²) in [7, 11) is 0. The molecule has 1 fully saturated rings. The Morgan fingerprint density at radius 1 is 1.29 bits per heavy atom. The van der Waals surface area contributed by atoms with Gasteiger partial charge in [-0.3, -0.25) is 0 Å². The Labute approximate surface area is 141 Å². The predicted octanol–water partition coefficient (Wildman–Crippen LogP) is 3.01. The molecular formula is C19H23FN2O2. The molecule has 0 bridgehead atoms. The van der Waals surface area contributed by atoms with E-state index in [1.807, 2.05) is 18.3 Å². The number of hydrogen-bond acceptors (Lipinski definition) is 4. The number of nitrogens with one attached hydrogen (secondary N) is 1. The van der Waals surface area contributed by atoms with Gasteiger partial charge in [-0.1, -0.05) is 17.3 Å². The number of fused-ring (bicyclic) bond motifs is 1. The standard InChI is InChI=1S/C19H23FN2O2/c20-16-3-1-2-15(10-16)19(6-8-23-9-7-19)13-21-17-5-4-14-12-22-24-18(14)11-17/h1-3,10,12,17,21H,4-9,11,13H2.